The van der Waals surface area contributed by atoms with E-state index in [4.69, 9.17) is 4.42 Å². The lowest BCUT2D eigenvalue weighted by molar-refractivity contribution is 0.592. The monoisotopic (exact) mass is 594 g/mol. The van der Waals surface area contributed by atoms with Crippen LogP contribution in [0.2, 0.25) is 0 Å². The van der Waals surface area contributed by atoms with Crippen LogP contribution in [0.25, 0.3) is 65.4 Å². The highest BCUT2D eigenvalue weighted by Gasteiger charge is 2.29. The molecule has 0 amide bonds. The third-order valence-electron chi connectivity index (χ3n) is 9.09. The number of hydrogen-bond acceptors (Lipinski definition) is 2. The first-order valence-electron chi connectivity index (χ1n) is 15.2. The SMILES string of the molecule is O=P(c1ccccc1)(c1ccccc1)c1ccc2ccc(-c3cc4ccccc4c4c3oc3ccc5ccccc5c34)cc2c1. The van der Waals surface area contributed by atoms with E-state index in [2.05, 4.69) is 97.1 Å². The minimum absolute atomic E-state index is 0.823. The predicted molar refractivity (Wildman–Crippen MR) is 191 cm³/mol. The lowest BCUT2D eigenvalue weighted by Crippen LogP contribution is -2.24. The van der Waals surface area contributed by atoms with Crippen molar-refractivity contribution in [3.05, 3.63) is 164 Å². The van der Waals surface area contributed by atoms with Gasteiger partial charge in [0, 0.05) is 32.2 Å². The average Bonchev–Trinajstić information content (AvgIpc) is 3.52. The van der Waals surface area contributed by atoms with Crippen LogP contribution in [0.1, 0.15) is 0 Å². The van der Waals surface area contributed by atoms with Crippen molar-refractivity contribution >= 4 is 77.3 Å². The van der Waals surface area contributed by atoms with Crippen LogP contribution in [0.4, 0.5) is 0 Å². The van der Waals surface area contributed by atoms with Crippen molar-refractivity contribution in [2.45, 2.75) is 0 Å². The van der Waals surface area contributed by atoms with Gasteiger partial charge in [0.15, 0.2) is 7.14 Å². The van der Waals surface area contributed by atoms with E-state index < -0.39 is 7.14 Å². The van der Waals surface area contributed by atoms with Gasteiger partial charge >= 0.3 is 0 Å². The van der Waals surface area contributed by atoms with Crippen molar-refractivity contribution in [1.82, 2.24) is 0 Å². The Morgan fingerprint density at radius 1 is 0.422 bits per heavy atom. The molecule has 1 heterocycles. The van der Waals surface area contributed by atoms with Crippen LogP contribution in [0.3, 0.4) is 0 Å². The summed E-state index contributed by atoms with van der Waals surface area (Å²) in [6.45, 7) is 0. The van der Waals surface area contributed by atoms with Crippen LogP contribution < -0.4 is 15.9 Å². The first-order valence-corrected chi connectivity index (χ1v) is 16.9. The zero-order valence-electron chi connectivity index (χ0n) is 24.4. The topological polar surface area (TPSA) is 30.2 Å². The van der Waals surface area contributed by atoms with Crippen molar-refractivity contribution in [3.8, 4) is 11.1 Å². The second-order valence-corrected chi connectivity index (χ2v) is 14.4. The maximum Gasteiger partial charge on any atom is 0.171 e. The normalized spacial score (nSPS) is 12.1. The molecular formula is C42H27O2P. The molecule has 45 heavy (non-hydrogen) atoms. The molecule has 9 rings (SSSR count). The fourth-order valence-corrected chi connectivity index (χ4v) is 9.61. The number of hydrogen-bond donors (Lipinski definition) is 0. The van der Waals surface area contributed by atoms with Crippen LogP contribution in [0.5, 0.6) is 0 Å². The van der Waals surface area contributed by atoms with Crippen LogP contribution in [-0.2, 0) is 4.57 Å². The van der Waals surface area contributed by atoms with Gasteiger partial charge in [-0.15, -0.1) is 0 Å². The predicted octanol–water partition coefficient (Wildman–Crippen LogP) is 10.4. The summed E-state index contributed by atoms with van der Waals surface area (Å²) in [5.41, 5.74) is 3.88. The van der Waals surface area contributed by atoms with Gasteiger partial charge in [0.05, 0.1) is 0 Å². The maximum atomic E-state index is 15.1. The van der Waals surface area contributed by atoms with E-state index in [1.54, 1.807) is 0 Å². The Bertz CT molecular complexity index is 2570. The van der Waals surface area contributed by atoms with Gasteiger partial charge in [0.1, 0.15) is 11.2 Å². The van der Waals surface area contributed by atoms with E-state index >= 15 is 4.57 Å². The van der Waals surface area contributed by atoms with E-state index in [9.17, 15) is 0 Å². The number of fused-ring (bicyclic) bond motifs is 8. The van der Waals surface area contributed by atoms with E-state index in [0.717, 1.165) is 59.8 Å². The Morgan fingerprint density at radius 2 is 1.02 bits per heavy atom. The molecule has 0 fully saturated rings. The Balaban J connectivity index is 1.30. The first kappa shape index (κ1) is 26.0. The van der Waals surface area contributed by atoms with Gasteiger partial charge in [-0.05, 0) is 62.1 Å². The van der Waals surface area contributed by atoms with Crippen LogP contribution in [-0.4, -0.2) is 0 Å². The molecule has 0 N–H and O–H groups in total. The van der Waals surface area contributed by atoms with Gasteiger partial charge < -0.3 is 8.98 Å². The quantitative estimate of drug-likeness (QED) is 0.190. The second kappa shape index (κ2) is 10.1. The highest BCUT2D eigenvalue weighted by molar-refractivity contribution is 7.85. The smallest absolute Gasteiger partial charge is 0.171 e. The van der Waals surface area contributed by atoms with Crippen molar-refractivity contribution in [2.24, 2.45) is 0 Å². The third-order valence-corrected chi connectivity index (χ3v) is 12.1. The number of rotatable bonds is 4. The molecule has 0 aliphatic heterocycles. The van der Waals surface area contributed by atoms with E-state index in [0.29, 0.717) is 0 Å². The molecule has 3 heteroatoms. The largest absolute Gasteiger partial charge is 0.455 e. The van der Waals surface area contributed by atoms with Crippen LogP contribution >= 0.6 is 7.14 Å². The number of furan rings is 1. The zero-order valence-corrected chi connectivity index (χ0v) is 25.2. The summed E-state index contributed by atoms with van der Waals surface area (Å²) in [6, 6.07) is 56.0. The van der Waals surface area contributed by atoms with Crippen LogP contribution in [0, 0.1) is 0 Å². The van der Waals surface area contributed by atoms with E-state index in [1.165, 1.54) is 21.5 Å². The fraction of sp³-hybridized carbons (Fsp3) is 0. The Labute approximate surface area is 260 Å². The molecule has 9 aromatic rings. The maximum absolute atomic E-state index is 15.1. The minimum Gasteiger partial charge on any atom is -0.455 e. The van der Waals surface area contributed by atoms with Crippen LogP contribution in [0.15, 0.2) is 168 Å². The van der Waals surface area contributed by atoms with Gasteiger partial charge in [0.25, 0.3) is 0 Å². The number of benzene rings is 8. The Morgan fingerprint density at radius 3 is 1.76 bits per heavy atom. The fourth-order valence-electron chi connectivity index (χ4n) is 6.92. The molecular weight excluding hydrogens is 567 g/mol. The third kappa shape index (κ3) is 4.00. The van der Waals surface area contributed by atoms with Gasteiger partial charge in [-0.1, -0.05) is 140 Å². The molecule has 0 atom stereocenters. The van der Waals surface area contributed by atoms with Crippen molar-refractivity contribution < 1.29 is 8.98 Å². The highest BCUT2D eigenvalue weighted by atomic mass is 31.2. The molecule has 0 saturated carbocycles. The first-order chi connectivity index (χ1) is 22.2. The van der Waals surface area contributed by atoms with Gasteiger partial charge in [-0.3, -0.25) is 0 Å². The average molecular weight is 595 g/mol. The van der Waals surface area contributed by atoms with Crippen molar-refractivity contribution in [1.29, 1.82) is 0 Å². The standard InChI is InChI=1S/C42H27O2P/c43-45(33-13-3-1-4-14-33,34-15-5-2-6-16-34)35-23-21-28-19-20-31(25-32(28)26-35)38-27-30-12-8-10-18-37(30)41-40-36-17-9-7-11-29(36)22-24-39(40)44-42(38)41/h1-27H. The molecule has 8 aromatic carbocycles. The van der Waals surface area contributed by atoms with Crippen molar-refractivity contribution in [3.63, 3.8) is 0 Å². The van der Waals surface area contributed by atoms with E-state index in [-0.39, 0.29) is 0 Å². The molecule has 0 aliphatic carbocycles. The minimum atomic E-state index is -3.10. The summed E-state index contributed by atoms with van der Waals surface area (Å²) in [7, 11) is -3.10. The molecule has 212 valence electrons. The molecule has 0 spiro atoms. The summed E-state index contributed by atoms with van der Waals surface area (Å²) in [4.78, 5) is 0. The Kier molecular flexibility index (Phi) is 5.81. The molecule has 0 bridgehead atoms. The lowest BCUT2D eigenvalue weighted by atomic mass is 9.94. The van der Waals surface area contributed by atoms with E-state index in [1.807, 2.05) is 66.7 Å². The summed E-state index contributed by atoms with van der Waals surface area (Å²) in [5.74, 6) is 0. The molecule has 0 saturated heterocycles. The molecule has 0 unspecified atom stereocenters. The van der Waals surface area contributed by atoms with Gasteiger partial charge in [-0.25, -0.2) is 0 Å². The Hall–Kier alpha value is -5.43. The van der Waals surface area contributed by atoms with Gasteiger partial charge in [0.2, 0.25) is 0 Å². The second-order valence-electron chi connectivity index (χ2n) is 11.6. The molecule has 0 radical (unpaired) electrons. The molecule has 0 aliphatic rings. The summed E-state index contributed by atoms with van der Waals surface area (Å²) >= 11 is 0. The molecule has 2 nitrogen and oxygen atoms in total. The highest BCUT2D eigenvalue weighted by Crippen LogP contribution is 2.45. The zero-order chi connectivity index (χ0) is 30.0. The summed E-state index contributed by atoms with van der Waals surface area (Å²) < 4.78 is 21.8. The summed E-state index contributed by atoms with van der Waals surface area (Å²) in [6.07, 6.45) is 0. The summed E-state index contributed by atoms with van der Waals surface area (Å²) in [5, 5.41) is 11.7. The molecule has 1 aromatic heterocycles. The van der Waals surface area contributed by atoms with Crippen molar-refractivity contribution in [2.75, 3.05) is 0 Å². The lowest BCUT2D eigenvalue weighted by Gasteiger charge is -2.20. The van der Waals surface area contributed by atoms with Gasteiger partial charge in [-0.2, -0.15) is 0 Å².